The monoisotopic (exact) mass is 336 g/mol. The number of imide groups is 1. The molecule has 0 radical (unpaired) electrons. The van der Waals surface area contributed by atoms with Gasteiger partial charge in [-0.1, -0.05) is 11.6 Å². The SMILES string of the molecule is O=C1c2ccncc2C(=O)N1c1ccc(Cl)c(Br)c1. The number of anilines is 1. The first-order valence-electron chi connectivity index (χ1n) is 5.37. The van der Waals surface area contributed by atoms with E-state index in [1.54, 1.807) is 24.3 Å². The maximum absolute atomic E-state index is 12.2. The summed E-state index contributed by atoms with van der Waals surface area (Å²) < 4.78 is 0.626. The first-order chi connectivity index (χ1) is 9.09. The molecule has 4 nitrogen and oxygen atoms in total. The minimum atomic E-state index is -0.373. The fourth-order valence-corrected chi connectivity index (χ4v) is 2.43. The van der Waals surface area contributed by atoms with Gasteiger partial charge in [-0.3, -0.25) is 14.6 Å². The zero-order valence-corrected chi connectivity index (χ0v) is 11.8. The average molecular weight is 338 g/mol. The number of rotatable bonds is 1. The highest BCUT2D eigenvalue weighted by Crippen LogP contribution is 2.32. The number of halogens is 2. The van der Waals surface area contributed by atoms with Gasteiger partial charge in [0.1, 0.15) is 0 Å². The van der Waals surface area contributed by atoms with Gasteiger partial charge >= 0.3 is 0 Å². The van der Waals surface area contributed by atoms with E-state index in [4.69, 9.17) is 11.6 Å². The van der Waals surface area contributed by atoms with Crippen LogP contribution in [0, 0.1) is 0 Å². The third-order valence-corrected chi connectivity index (χ3v) is 4.06. The smallest absolute Gasteiger partial charge is 0.267 e. The molecule has 0 bridgehead atoms. The second kappa shape index (κ2) is 4.43. The first kappa shape index (κ1) is 12.3. The van der Waals surface area contributed by atoms with Crippen molar-refractivity contribution in [2.75, 3.05) is 4.90 Å². The van der Waals surface area contributed by atoms with Gasteiger partial charge in [-0.05, 0) is 40.2 Å². The van der Waals surface area contributed by atoms with Gasteiger partial charge in [-0.15, -0.1) is 0 Å². The minimum absolute atomic E-state index is 0.318. The lowest BCUT2D eigenvalue weighted by molar-refractivity contribution is 0.0926. The highest BCUT2D eigenvalue weighted by Gasteiger charge is 2.36. The molecule has 1 aromatic heterocycles. The topological polar surface area (TPSA) is 50.3 Å². The fourth-order valence-electron chi connectivity index (χ4n) is 1.94. The van der Waals surface area contributed by atoms with Crippen LogP contribution >= 0.6 is 27.5 Å². The number of nitrogens with zero attached hydrogens (tertiary/aromatic N) is 2. The second-order valence-corrected chi connectivity index (χ2v) is 5.23. The summed E-state index contributed by atoms with van der Waals surface area (Å²) in [6.45, 7) is 0. The maximum atomic E-state index is 12.2. The van der Waals surface area contributed by atoms with E-state index in [1.807, 2.05) is 0 Å². The van der Waals surface area contributed by atoms with Crippen molar-refractivity contribution >= 4 is 45.0 Å². The van der Waals surface area contributed by atoms with E-state index in [2.05, 4.69) is 20.9 Å². The Morgan fingerprint density at radius 3 is 2.53 bits per heavy atom. The number of pyridine rings is 1. The molecule has 0 fully saturated rings. The van der Waals surface area contributed by atoms with Crippen LogP contribution in [0.2, 0.25) is 5.02 Å². The number of hydrogen-bond donors (Lipinski definition) is 0. The van der Waals surface area contributed by atoms with Gasteiger partial charge in [0, 0.05) is 16.9 Å². The predicted octanol–water partition coefficient (Wildman–Crippen LogP) is 3.30. The molecule has 1 aliphatic heterocycles. The van der Waals surface area contributed by atoms with E-state index >= 15 is 0 Å². The summed E-state index contributed by atoms with van der Waals surface area (Å²) in [4.78, 5) is 29.4. The van der Waals surface area contributed by atoms with Gasteiger partial charge in [0.2, 0.25) is 0 Å². The van der Waals surface area contributed by atoms with Crippen LogP contribution < -0.4 is 4.90 Å². The Bertz CT molecular complexity index is 683. The lowest BCUT2D eigenvalue weighted by Gasteiger charge is -2.14. The van der Waals surface area contributed by atoms with Crippen molar-refractivity contribution in [3.63, 3.8) is 0 Å². The van der Waals surface area contributed by atoms with Crippen molar-refractivity contribution < 1.29 is 9.59 Å². The largest absolute Gasteiger partial charge is 0.268 e. The molecule has 0 N–H and O–H groups in total. The van der Waals surface area contributed by atoms with Gasteiger partial charge in [0.25, 0.3) is 11.8 Å². The van der Waals surface area contributed by atoms with E-state index in [9.17, 15) is 9.59 Å². The molecule has 19 heavy (non-hydrogen) atoms. The molecule has 2 amide bonds. The van der Waals surface area contributed by atoms with Gasteiger partial charge in [0.15, 0.2) is 0 Å². The molecule has 0 spiro atoms. The molecule has 3 rings (SSSR count). The fraction of sp³-hybridized carbons (Fsp3) is 0. The van der Waals surface area contributed by atoms with Gasteiger partial charge in [0.05, 0.1) is 21.8 Å². The Kier molecular flexibility index (Phi) is 2.88. The number of carbonyl (C=O) groups excluding carboxylic acids is 2. The van der Waals surface area contributed by atoms with Gasteiger partial charge < -0.3 is 0 Å². The molecule has 1 aliphatic rings. The van der Waals surface area contributed by atoms with E-state index in [1.165, 1.54) is 12.4 Å². The van der Waals surface area contributed by atoms with Crippen LogP contribution in [-0.4, -0.2) is 16.8 Å². The number of benzene rings is 1. The third-order valence-electron chi connectivity index (χ3n) is 2.85. The molecule has 2 aromatic rings. The maximum Gasteiger partial charge on any atom is 0.267 e. The molecule has 0 atom stereocenters. The third kappa shape index (κ3) is 1.86. The van der Waals surface area contributed by atoms with Crippen LogP contribution in [0.3, 0.4) is 0 Å². The highest BCUT2D eigenvalue weighted by atomic mass is 79.9. The average Bonchev–Trinajstić information content (AvgIpc) is 2.66. The lowest BCUT2D eigenvalue weighted by atomic mass is 10.2. The second-order valence-electron chi connectivity index (χ2n) is 3.97. The first-order valence-corrected chi connectivity index (χ1v) is 6.54. The number of aromatic nitrogens is 1. The van der Waals surface area contributed by atoms with Crippen molar-refractivity contribution in [1.82, 2.24) is 4.98 Å². The summed E-state index contributed by atoms with van der Waals surface area (Å²) in [6, 6.07) is 6.43. The van der Waals surface area contributed by atoms with E-state index in [0.29, 0.717) is 26.3 Å². The number of amides is 2. The Morgan fingerprint density at radius 1 is 1.11 bits per heavy atom. The molecule has 0 saturated heterocycles. The number of carbonyl (C=O) groups is 2. The molecule has 94 valence electrons. The van der Waals surface area contributed by atoms with Crippen LogP contribution in [0.25, 0.3) is 0 Å². The summed E-state index contributed by atoms with van der Waals surface area (Å²) in [5.41, 5.74) is 1.16. The molecular weight excluding hydrogens is 332 g/mol. The van der Waals surface area contributed by atoms with Crippen LogP contribution in [0.5, 0.6) is 0 Å². The summed E-state index contributed by atoms with van der Waals surface area (Å²) in [7, 11) is 0. The Hall–Kier alpha value is -1.72. The normalized spacial score (nSPS) is 13.9. The van der Waals surface area contributed by atoms with Crippen molar-refractivity contribution in [3.05, 3.63) is 57.3 Å². The van der Waals surface area contributed by atoms with Crippen molar-refractivity contribution in [2.45, 2.75) is 0 Å². The number of fused-ring (bicyclic) bond motifs is 1. The van der Waals surface area contributed by atoms with Gasteiger partial charge in [-0.2, -0.15) is 0 Å². The quantitative estimate of drug-likeness (QED) is 0.750. The van der Waals surface area contributed by atoms with Crippen LogP contribution in [0.4, 0.5) is 5.69 Å². The number of hydrogen-bond acceptors (Lipinski definition) is 3. The van der Waals surface area contributed by atoms with E-state index < -0.39 is 0 Å². The van der Waals surface area contributed by atoms with Crippen molar-refractivity contribution in [1.29, 1.82) is 0 Å². The molecule has 1 aromatic carbocycles. The van der Waals surface area contributed by atoms with Crippen molar-refractivity contribution in [2.24, 2.45) is 0 Å². The zero-order valence-electron chi connectivity index (χ0n) is 9.43. The summed E-state index contributed by atoms with van der Waals surface area (Å²) in [5.74, 6) is -0.723. The summed E-state index contributed by atoms with van der Waals surface area (Å²) in [6.07, 6.45) is 2.89. The lowest BCUT2D eigenvalue weighted by Crippen LogP contribution is -2.29. The van der Waals surface area contributed by atoms with Crippen LogP contribution in [-0.2, 0) is 0 Å². The van der Waals surface area contributed by atoms with Crippen molar-refractivity contribution in [3.8, 4) is 0 Å². The summed E-state index contributed by atoms with van der Waals surface area (Å²) >= 11 is 9.18. The molecule has 0 saturated carbocycles. The minimum Gasteiger partial charge on any atom is -0.268 e. The Balaban J connectivity index is 2.11. The van der Waals surface area contributed by atoms with Crippen LogP contribution in [0.15, 0.2) is 41.1 Å². The van der Waals surface area contributed by atoms with Crippen LogP contribution in [0.1, 0.15) is 20.7 Å². The van der Waals surface area contributed by atoms with E-state index in [0.717, 1.165) is 4.90 Å². The molecular formula is C13H6BrClN2O2. The Labute approximate surface area is 122 Å². The standard InChI is InChI=1S/C13H6BrClN2O2/c14-10-5-7(1-2-11(10)15)17-12(18)8-3-4-16-6-9(8)13(17)19/h1-6H. The summed E-state index contributed by atoms with van der Waals surface area (Å²) in [5, 5.41) is 0.516. The zero-order chi connectivity index (χ0) is 13.6. The van der Waals surface area contributed by atoms with Gasteiger partial charge in [-0.25, -0.2) is 4.90 Å². The molecule has 0 aliphatic carbocycles. The van der Waals surface area contributed by atoms with E-state index in [-0.39, 0.29) is 11.8 Å². The molecule has 6 heteroatoms. The predicted molar refractivity (Wildman–Crippen MR) is 74.5 cm³/mol. The highest BCUT2D eigenvalue weighted by molar-refractivity contribution is 9.10. The Morgan fingerprint density at radius 2 is 1.84 bits per heavy atom. The molecule has 0 unspecified atom stereocenters. The molecule has 2 heterocycles.